The fraction of sp³-hybridized carbons (Fsp3) is 0.393. The minimum atomic E-state index is -1.07. The summed E-state index contributed by atoms with van der Waals surface area (Å²) in [6.07, 6.45) is 1.84. The van der Waals surface area contributed by atoms with Gasteiger partial charge in [0.1, 0.15) is 13.2 Å². The average Bonchev–Trinajstić information content (AvgIpc) is 3.14. The molecule has 7 nitrogen and oxygen atoms in total. The number of alkyl carbamates (subject to hydrolysis) is 1. The van der Waals surface area contributed by atoms with E-state index in [0.717, 1.165) is 22.3 Å². The number of fused-ring (bicyclic) bond motifs is 3. The molecule has 0 aromatic heterocycles. The number of nitrogens with one attached hydrogen (secondary N) is 1. The molecule has 35 heavy (non-hydrogen) atoms. The van der Waals surface area contributed by atoms with Crippen molar-refractivity contribution < 1.29 is 24.2 Å². The molecule has 186 valence electrons. The molecule has 1 atom stereocenters. The van der Waals surface area contributed by atoms with Crippen molar-refractivity contribution in [3.05, 3.63) is 72.3 Å². The molecular formula is C28H34N2O5. The predicted molar refractivity (Wildman–Crippen MR) is 135 cm³/mol. The second-order valence-electron chi connectivity index (χ2n) is 9.36. The van der Waals surface area contributed by atoms with Crippen molar-refractivity contribution in [3.63, 3.8) is 0 Å². The van der Waals surface area contributed by atoms with Gasteiger partial charge >= 0.3 is 12.1 Å². The van der Waals surface area contributed by atoms with Gasteiger partial charge in [-0.25, -0.2) is 4.79 Å². The number of aliphatic carboxylic acids is 1. The summed E-state index contributed by atoms with van der Waals surface area (Å²) < 4.78 is 5.60. The van der Waals surface area contributed by atoms with E-state index in [1.807, 2.05) is 38.1 Å². The number of ether oxygens (including phenoxy) is 1. The number of carboxylic acids is 1. The van der Waals surface area contributed by atoms with Gasteiger partial charge in [0.15, 0.2) is 0 Å². The first-order chi connectivity index (χ1) is 16.8. The maximum atomic E-state index is 12.7. The molecule has 0 radical (unpaired) electrons. The van der Waals surface area contributed by atoms with Crippen LogP contribution in [0.4, 0.5) is 4.79 Å². The highest BCUT2D eigenvalue weighted by atomic mass is 16.5. The molecule has 0 bridgehead atoms. The Bertz CT molecular complexity index is 1020. The molecule has 2 aromatic carbocycles. The molecule has 0 spiro atoms. The number of rotatable bonds is 12. The number of benzene rings is 2. The lowest BCUT2D eigenvalue weighted by atomic mass is 9.93. The topological polar surface area (TPSA) is 95.9 Å². The van der Waals surface area contributed by atoms with E-state index in [1.165, 1.54) is 11.0 Å². The summed E-state index contributed by atoms with van der Waals surface area (Å²) >= 11 is 0. The Hall–Kier alpha value is -3.61. The van der Waals surface area contributed by atoms with Gasteiger partial charge in [-0.2, -0.15) is 0 Å². The molecule has 0 fully saturated rings. The first kappa shape index (κ1) is 26.0. The van der Waals surface area contributed by atoms with Gasteiger partial charge in [-0.15, -0.1) is 6.58 Å². The van der Waals surface area contributed by atoms with Crippen LogP contribution in [0.1, 0.15) is 43.7 Å². The summed E-state index contributed by atoms with van der Waals surface area (Å²) in [7, 11) is 0. The van der Waals surface area contributed by atoms with Crippen LogP contribution in [0.3, 0.4) is 0 Å². The fourth-order valence-corrected chi connectivity index (χ4v) is 4.73. The summed E-state index contributed by atoms with van der Waals surface area (Å²) in [6.45, 7) is 7.97. The molecule has 0 saturated carbocycles. The number of hydrogen-bond donors (Lipinski definition) is 2. The lowest BCUT2D eigenvalue weighted by molar-refractivity contribution is -0.144. The van der Waals surface area contributed by atoms with Gasteiger partial charge in [0.25, 0.3) is 0 Å². The first-order valence-electron chi connectivity index (χ1n) is 12.0. The Morgan fingerprint density at radius 1 is 1.09 bits per heavy atom. The van der Waals surface area contributed by atoms with Crippen LogP contribution in [0.15, 0.2) is 61.2 Å². The second kappa shape index (κ2) is 12.2. The number of nitrogens with zero attached hydrogens (tertiary/aromatic N) is 1. The van der Waals surface area contributed by atoms with E-state index >= 15 is 0 Å². The van der Waals surface area contributed by atoms with Crippen LogP contribution < -0.4 is 5.32 Å². The van der Waals surface area contributed by atoms with Gasteiger partial charge in [0, 0.05) is 25.4 Å². The summed E-state index contributed by atoms with van der Waals surface area (Å²) in [5.41, 5.74) is 4.62. The van der Waals surface area contributed by atoms with Gasteiger partial charge in [-0.1, -0.05) is 68.5 Å². The highest BCUT2D eigenvalue weighted by Crippen LogP contribution is 2.44. The molecule has 1 aliphatic rings. The third kappa shape index (κ3) is 6.94. The minimum Gasteiger partial charge on any atom is -0.480 e. The average molecular weight is 479 g/mol. The summed E-state index contributed by atoms with van der Waals surface area (Å²) in [4.78, 5) is 37.6. The normalized spacial score (nSPS) is 13.0. The molecule has 1 aliphatic carbocycles. The van der Waals surface area contributed by atoms with Gasteiger partial charge in [0.2, 0.25) is 5.91 Å². The van der Waals surface area contributed by atoms with E-state index in [4.69, 9.17) is 9.84 Å². The first-order valence-corrected chi connectivity index (χ1v) is 12.0. The SMILES string of the molecule is C=CCN(CC(=O)O)C(=O)CC(CNC(=O)OCC1c2ccccc2-c2ccccc21)CC(C)C. The molecule has 0 heterocycles. The Labute approximate surface area is 206 Å². The van der Waals surface area contributed by atoms with Crippen LogP contribution in [0.25, 0.3) is 11.1 Å². The van der Waals surface area contributed by atoms with E-state index < -0.39 is 12.1 Å². The Morgan fingerprint density at radius 3 is 2.23 bits per heavy atom. The maximum Gasteiger partial charge on any atom is 0.407 e. The van der Waals surface area contributed by atoms with Crippen LogP contribution in [-0.2, 0) is 14.3 Å². The lowest BCUT2D eigenvalue weighted by Crippen LogP contribution is -2.39. The van der Waals surface area contributed by atoms with Crippen LogP contribution in [0, 0.1) is 11.8 Å². The number of amides is 2. The van der Waals surface area contributed by atoms with Crippen molar-refractivity contribution in [3.8, 4) is 11.1 Å². The number of hydrogen-bond acceptors (Lipinski definition) is 4. The second-order valence-corrected chi connectivity index (χ2v) is 9.36. The van der Waals surface area contributed by atoms with E-state index in [1.54, 1.807) is 0 Å². The van der Waals surface area contributed by atoms with Gasteiger partial charge in [-0.3, -0.25) is 9.59 Å². The molecule has 7 heteroatoms. The van der Waals surface area contributed by atoms with Crippen molar-refractivity contribution in [2.75, 3.05) is 26.2 Å². The minimum absolute atomic E-state index is 0.0235. The van der Waals surface area contributed by atoms with E-state index in [2.05, 4.69) is 36.2 Å². The van der Waals surface area contributed by atoms with Crippen LogP contribution in [-0.4, -0.2) is 54.2 Å². The number of carboxylic acid groups (broad SMARTS) is 1. The summed E-state index contributed by atoms with van der Waals surface area (Å²) in [6, 6.07) is 16.3. The number of carbonyl (C=O) groups is 3. The Kier molecular flexibility index (Phi) is 9.06. The highest BCUT2D eigenvalue weighted by molar-refractivity contribution is 5.82. The van der Waals surface area contributed by atoms with Gasteiger partial charge in [-0.05, 0) is 40.5 Å². The summed E-state index contributed by atoms with van der Waals surface area (Å²) in [5.74, 6) is -1.19. The zero-order valence-electron chi connectivity index (χ0n) is 20.4. The van der Waals surface area contributed by atoms with Gasteiger partial charge in [0.05, 0.1) is 0 Å². The quantitative estimate of drug-likeness (QED) is 0.432. The molecule has 2 N–H and O–H groups in total. The van der Waals surface area contributed by atoms with Gasteiger partial charge < -0.3 is 20.1 Å². The number of carbonyl (C=O) groups excluding carboxylic acids is 2. The maximum absolute atomic E-state index is 12.7. The third-order valence-corrected chi connectivity index (χ3v) is 6.18. The zero-order chi connectivity index (χ0) is 25.4. The molecule has 0 saturated heterocycles. The monoisotopic (exact) mass is 478 g/mol. The molecule has 0 aliphatic heterocycles. The molecule has 2 aromatic rings. The fourth-order valence-electron chi connectivity index (χ4n) is 4.73. The third-order valence-electron chi connectivity index (χ3n) is 6.18. The Morgan fingerprint density at radius 2 is 1.69 bits per heavy atom. The predicted octanol–water partition coefficient (Wildman–Crippen LogP) is 4.68. The highest BCUT2D eigenvalue weighted by Gasteiger charge is 2.29. The lowest BCUT2D eigenvalue weighted by Gasteiger charge is -2.24. The molecule has 2 amide bonds. The smallest absolute Gasteiger partial charge is 0.407 e. The summed E-state index contributed by atoms with van der Waals surface area (Å²) in [5, 5.41) is 11.9. The van der Waals surface area contributed by atoms with Crippen molar-refractivity contribution in [1.82, 2.24) is 10.2 Å². The largest absolute Gasteiger partial charge is 0.480 e. The van der Waals surface area contributed by atoms with E-state index in [9.17, 15) is 14.4 Å². The molecule has 1 unspecified atom stereocenters. The van der Waals surface area contributed by atoms with Crippen LogP contribution >= 0.6 is 0 Å². The molecule has 3 rings (SSSR count). The van der Waals surface area contributed by atoms with Crippen LogP contribution in [0.5, 0.6) is 0 Å². The van der Waals surface area contributed by atoms with Crippen molar-refractivity contribution in [1.29, 1.82) is 0 Å². The standard InChI is InChI=1S/C28H34N2O5/c1-4-13-30(17-27(32)33)26(31)15-20(14-19(2)3)16-29-28(34)35-18-25-23-11-7-5-9-21(23)22-10-6-8-12-24(22)25/h4-12,19-20,25H,1,13-18H2,2-3H3,(H,29,34)(H,32,33). The van der Waals surface area contributed by atoms with E-state index in [-0.39, 0.29) is 50.4 Å². The Balaban J connectivity index is 1.58. The van der Waals surface area contributed by atoms with Crippen molar-refractivity contribution >= 4 is 18.0 Å². The van der Waals surface area contributed by atoms with Crippen molar-refractivity contribution in [2.45, 2.75) is 32.6 Å². The molecular weight excluding hydrogens is 444 g/mol. The van der Waals surface area contributed by atoms with Crippen LogP contribution in [0.2, 0.25) is 0 Å². The zero-order valence-corrected chi connectivity index (χ0v) is 20.4. The van der Waals surface area contributed by atoms with E-state index in [0.29, 0.717) is 12.3 Å². The van der Waals surface area contributed by atoms with Crippen molar-refractivity contribution in [2.24, 2.45) is 11.8 Å².